The SMILES string of the molecule is C[C@@H]1CCC[C@H](n2cnc(-c3c(-n4cc(Cl)nn4)ccc(Cl)c3F)cc2=O)c2cc(ccn2)-c2ccc(C(=O)O)cc2NC1=O. The van der Waals surface area contributed by atoms with Crippen molar-refractivity contribution in [3.05, 3.63) is 105 Å². The van der Waals surface area contributed by atoms with Gasteiger partial charge in [0, 0.05) is 29.4 Å². The Morgan fingerprint density at radius 3 is 2.62 bits per heavy atom. The summed E-state index contributed by atoms with van der Waals surface area (Å²) in [5.41, 5.74) is 1.96. The van der Waals surface area contributed by atoms with Crippen molar-refractivity contribution >= 4 is 40.8 Å². The van der Waals surface area contributed by atoms with Crippen LogP contribution < -0.4 is 10.9 Å². The zero-order chi connectivity index (χ0) is 31.8. The molecule has 6 rings (SSSR count). The fourth-order valence-electron chi connectivity index (χ4n) is 5.38. The Labute approximate surface area is 265 Å². The summed E-state index contributed by atoms with van der Waals surface area (Å²) in [5, 5.41) is 20.0. The van der Waals surface area contributed by atoms with Gasteiger partial charge in [0.2, 0.25) is 5.91 Å². The van der Waals surface area contributed by atoms with Crippen LogP contribution >= 0.6 is 23.2 Å². The zero-order valence-electron chi connectivity index (χ0n) is 23.6. The van der Waals surface area contributed by atoms with Crippen LogP contribution in [0.25, 0.3) is 28.1 Å². The first-order valence-electron chi connectivity index (χ1n) is 13.9. The molecular formula is C31H24Cl2FN7O4. The van der Waals surface area contributed by atoms with Crippen LogP contribution in [0.2, 0.25) is 10.2 Å². The third-order valence-corrected chi connectivity index (χ3v) is 8.20. The van der Waals surface area contributed by atoms with Crippen molar-refractivity contribution in [2.45, 2.75) is 32.2 Å². The van der Waals surface area contributed by atoms with Crippen LogP contribution in [-0.2, 0) is 4.79 Å². The van der Waals surface area contributed by atoms with Crippen molar-refractivity contribution in [2.75, 3.05) is 5.32 Å². The van der Waals surface area contributed by atoms with Crippen LogP contribution in [-0.4, -0.2) is 46.5 Å². The lowest BCUT2D eigenvalue weighted by molar-refractivity contribution is -0.119. The minimum atomic E-state index is -1.12. The Kier molecular flexibility index (Phi) is 8.17. The fourth-order valence-corrected chi connectivity index (χ4v) is 5.67. The smallest absolute Gasteiger partial charge is 0.335 e. The number of anilines is 1. The molecule has 5 aromatic rings. The second-order valence-electron chi connectivity index (χ2n) is 10.6. The number of carbonyl (C=O) groups is 2. The number of aromatic nitrogens is 6. The normalized spacial score (nSPS) is 16.7. The van der Waals surface area contributed by atoms with Crippen LogP contribution in [0.15, 0.2) is 72.0 Å². The molecule has 14 heteroatoms. The molecular weight excluding hydrogens is 624 g/mol. The molecule has 228 valence electrons. The highest BCUT2D eigenvalue weighted by Gasteiger charge is 2.24. The lowest BCUT2D eigenvalue weighted by Crippen LogP contribution is -2.27. The maximum Gasteiger partial charge on any atom is 0.335 e. The minimum absolute atomic E-state index is 0.0289. The summed E-state index contributed by atoms with van der Waals surface area (Å²) in [6, 6.07) is 11.6. The van der Waals surface area contributed by atoms with Gasteiger partial charge in [-0.2, -0.15) is 0 Å². The maximum atomic E-state index is 15.4. The van der Waals surface area contributed by atoms with E-state index in [0.717, 1.165) is 0 Å². The third kappa shape index (κ3) is 5.94. The summed E-state index contributed by atoms with van der Waals surface area (Å²) < 4.78 is 18.1. The average Bonchev–Trinajstić information content (AvgIpc) is 3.46. The van der Waals surface area contributed by atoms with Gasteiger partial charge in [-0.05, 0) is 54.8 Å². The molecule has 3 aromatic heterocycles. The molecule has 4 heterocycles. The second-order valence-corrected chi connectivity index (χ2v) is 11.4. The van der Waals surface area contributed by atoms with Crippen LogP contribution in [0.4, 0.5) is 10.1 Å². The number of hydrogen-bond donors (Lipinski definition) is 2. The third-order valence-electron chi connectivity index (χ3n) is 7.73. The molecule has 1 aliphatic rings. The first-order valence-corrected chi connectivity index (χ1v) is 14.7. The molecule has 1 amide bonds. The van der Waals surface area contributed by atoms with Crippen LogP contribution in [0, 0.1) is 11.7 Å². The Hall–Kier alpha value is -4.94. The molecule has 11 nitrogen and oxygen atoms in total. The number of carbonyl (C=O) groups excluding carboxylic acids is 1. The lowest BCUT2D eigenvalue weighted by atomic mass is 9.95. The Balaban J connectivity index is 1.45. The van der Waals surface area contributed by atoms with E-state index < -0.39 is 29.3 Å². The Morgan fingerprint density at radius 2 is 1.89 bits per heavy atom. The van der Waals surface area contributed by atoms with Gasteiger partial charge in [-0.25, -0.2) is 18.9 Å². The number of hydrogen-bond acceptors (Lipinski definition) is 7. The number of nitrogens with zero attached hydrogens (tertiary/aromatic N) is 6. The van der Waals surface area contributed by atoms with E-state index in [0.29, 0.717) is 41.8 Å². The first-order chi connectivity index (χ1) is 21.6. The number of carboxylic acid groups (broad SMARTS) is 1. The quantitative estimate of drug-likeness (QED) is 0.240. The number of rotatable bonds is 4. The van der Waals surface area contributed by atoms with E-state index in [1.54, 1.807) is 31.3 Å². The van der Waals surface area contributed by atoms with E-state index in [-0.39, 0.29) is 38.6 Å². The molecule has 2 aromatic carbocycles. The molecule has 0 saturated carbocycles. The number of amides is 1. The van der Waals surface area contributed by atoms with Crippen molar-refractivity contribution in [2.24, 2.45) is 5.92 Å². The molecule has 0 spiro atoms. The number of nitrogens with one attached hydrogen (secondary N) is 1. The van der Waals surface area contributed by atoms with Gasteiger partial charge >= 0.3 is 5.97 Å². The topological polar surface area (TPSA) is 145 Å². The van der Waals surface area contributed by atoms with E-state index in [2.05, 4.69) is 25.6 Å². The monoisotopic (exact) mass is 647 g/mol. The summed E-state index contributed by atoms with van der Waals surface area (Å²) in [6.45, 7) is 1.79. The van der Waals surface area contributed by atoms with Crippen LogP contribution in [0.5, 0.6) is 0 Å². The number of benzene rings is 2. The van der Waals surface area contributed by atoms with Gasteiger partial charge in [0.05, 0.1) is 51.8 Å². The van der Waals surface area contributed by atoms with E-state index in [1.807, 2.05) is 0 Å². The number of halogens is 3. The van der Waals surface area contributed by atoms with Crippen molar-refractivity contribution in [3.63, 3.8) is 0 Å². The highest BCUT2D eigenvalue weighted by Crippen LogP contribution is 2.35. The molecule has 1 aliphatic heterocycles. The first kappa shape index (κ1) is 30.1. The van der Waals surface area contributed by atoms with Gasteiger partial charge in [-0.3, -0.25) is 19.1 Å². The highest BCUT2D eigenvalue weighted by molar-refractivity contribution is 6.31. The average molecular weight is 648 g/mol. The molecule has 0 aliphatic carbocycles. The summed E-state index contributed by atoms with van der Waals surface area (Å²) in [5.74, 6) is -2.56. The molecule has 0 unspecified atom stereocenters. The maximum absolute atomic E-state index is 15.4. The molecule has 2 atom stereocenters. The number of aromatic carboxylic acids is 1. The number of pyridine rings is 1. The fraction of sp³-hybridized carbons (Fsp3) is 0.194. The molecule has 2 N–H and O–H groups in total. The van der Waals surface area contributed by atoms with E-state index in [4.69, 9.17) is 23.2 Å². The predicted octanol–water partition coefficient (Wildman–Crippen LogP) is 6.05. The minimum Gasteiger partial charge on any atom is -0.478 e. The lowest BCUT2D eigenvalue weighted by Gasteiger charge is -2.23. The van der Waals surface area contributed by atoms with E-state index in [9.17, 15) is 19.5 Å². The Bertz CT molecular complexity index is 2030. The van der Waals surface area contributed by atoms with Gasteiger partial charge in [-0.15, -0.1) is 5.10 Å². The van der Waals surface area contributed by atoms with Crippen molar-refractivity contribution in [3.8, 4) is 28.1 Å². The zero-order valence-corrected chi connectivity index (χ0v) is 25.1. The molecule has 0 fully saturated rings. The molecule has 2 bridgehead atoms. The van der Waals surface area contributed by atoms with Gasteiger partial charge in [0.25, 0.3) is 5.56 Å². The summed E-state index contributed by atoms with van der Waals surface area (Å²) in [4.78, 5) is 47.5. The van der Waals surface area contributed by atoms with Gasteiger partial charge in [0.15, 0.2) is 11.0 Å². The van der Waals surface area contributed by atoms with E-state index >= 15 is 4.39 Å². The molecule has 0 saturated heterocycles. The second kappa shape index (κ2) is 12.2. The Morgan fingerprint density at radius 1 is 1.07 bits per heavy atom. The van der Waals surface area contributed by atoms with Crippen molar-refractivity contribution in [1.82, 2.24) is 29.5 Å². The van der Waals surface area contributed by atoms with Crippen LogP contribution in [0.1, 0.15) is 48.3 Å². The predicted molar refractivity (Wildman–Crippen MR) is 165 cm³/mol. The summed E-state index contributed by atoms with van der Waals surface area (Å²) >= 11 is 12.0. The summed E-state index contributed by atoms with van der Waals surface area (Å²) in [7, 11) is 0. The van der Waals surface area contributed by atoms with Gasteiger partial charge in [0.1, 0.15) is 0 Å². The van der Waals surface area contributed by atoms with E-state index in [1.165, 1.54) is 52.1 Å². The number of carboxylic acids is 1. The van der Waals surface area contributed by atoms with Gasteiger partial charge in [-0.1, -0.05) is 47.8 Å². The standard InChI is InChI=1S/C31H24Cl2FN7O4/c1-16-3-2-4-24(22-11-17(9-10-35-22)19-6-5-18(31(44)45)12-21(19)37-30(16)43)40-15-36-23(13-27(40)42)28-25(8-7-20(32)29(28)34)41-14-26(33)38-39-41/h5-16,24H,2-4H2,1H3,(H,37,43)(H,44,45)/t16-,24+/m1/s1. The molecule has 0 radical (unpaired) electrons. The van der Waals surface area contributed by atoms with Crippen molar-refractivity contribution < 1.29 is 19.1 Å². The molecule has 45 heavy (non-hydrogen) atoms. The highest BCUT2D eigenvalue weighted by atomic mass is 35.5. The van der Waals surface area contributed by atoms with Gasteiger partial charge < -0.3 is 10.4 Å². The number of fused-ring (bicyclic) bond motifs is 4. The summed E-state index contributed by atoms with van der Waals surface area (Å²) in [6.07, 6.45) is 5.82. The van der Waals surface area contributed by atoms with Crippen molar-refractivity contribution in [1.29, 1.82) is 0 Å². The largest absolute Gasteiger partial charge is 0.478 e. The van der Waals surface area contributed by atoms with Crippen LogP contribution in [0.3, 0.4) is 0 Å².